The summed E-state index contributed by atoms with van der Waals surface area (Å²) in [6, 6.07) is 0. The summed E-state index contributed by atoms with van der Waals surface area (Å²) in [6.45, 7) is 11.3. The van der Waals surface area contributed by atoms with Gasteiger partial charge in [-0.15, -0.1) is 0 Å². The van der Waals surface area contributed by atoms with Crippen LogP contribution in [0.4, 0.5) is 0 Å². The monoisotopic (exact) mass is 765 g/mol. The molecule has 2 unspecified atom stereocenters. The number of hydrogen-bond donors (Lipinski definition) is 0. The van der Waals surface area contributed by atoms with Crippen LogP contribution in [0.3, 0.4) is 0 Å². The first kappa shape index (κ1) is 52.4. The molecule has 0 amide bonds. The molecule has 3 atom stereocenters. The highest BCUT2D eigenvalue weighted by atomic mass is 16.6. The molecule has 0 saturated carbocycles. The quantitative estimate of drug-likeness (QED) is 0.0350. The lowest BCUT2D eigenvalue weighted by atomic mass is 9.99. The molecule has 0 saturated heterocycles. The molecule has 0 aliphatic heterocycles. The van der Waals surface area contributed by atoms with Crippen molar-refractivity contribution in [3.05, 3.63) is 0 Å². The summed E-state index contributed by atoms with van der Waals surface area (Å²) in [5.74, 6) is 0.799. The molecule has 54 heavy (non-hydrogen) atoms. The lowest BCUT2D eigenvalue weighted by molar-refractivity contribution is -0.167. The van der Waals surface area contributed by atoms with E-state index in [1.807, 2.05) is 0 Å². The molecule has 0 radical (unpaired) electrons. The van der Waals surface area contributed by atoms with E-state index in [0.717, 1.165) is 69.6 Å². The van der Waals surface area contributed by atoms with Gasteiger partial charge in [0.15, 0.2) is 6.10 Å². The van der Waals surface area contributed by atoms with E-state index in [0.29, 0.717) is 19.3 Å². The number of ether oxygens (including phenoxy) is 3. The summed E-state index contributed by atoms with van der Waals surface area (Å²) in [4.78, 5) is 37.8. The molecular formula is C48H92O6. The van der Waals surface area contributed by atoms with Gasteiger partial charge in [-0.2, -0.15) is 0 Å². The summed E-state index contributed by atoms with van der Waals surface area (Å²) >= 11 is 0. The Morgan fingerprint density at radius 2 is 0.648 bits per heavy atom. The van der Waals surface area contributed by atoms with Crippen LogP contribution in [0.2, 0.25) is 0 Å². The highest BCUT2D eigenvalue weighted by molar-refractivity contribution is 5.71. The molecule has 0 N–H and O–H groups in total. The molecule has 6 nitrogen and oxygen atoms in total. The van der Waals surface area contributed by atoms with Crippen molar-refractivity contribution in [2.24, 2.45) is 11.8 Å². The number of rotatable bonds is 42. The van der Waals surface area contributed by atoms with Gasteiger partial charge < -0.3 is 14.2 Å². The van der Waals surface area contributed by atoms with Crippen molar-refractivity contribution >= 4 is 17.9 Å². The van der Waals surface area contributed by atoms with Gasteiger partial charge in [0.05, 0.1) is 0 Å². The Balaban J connectivity index is 4.33. The van der Waals surface area contributed by atoms with Gasteiger partial charge in [0.2, 0.25) is 0 Å². The Morgan fingerprint density at radius 3 is 0.963 bits per heavy atom. The first-order valence-electron chi connectivity index (χ1n) is 23.8. The van der Waals surface area contributed by atoms with Gasteiger partial charge in [-0.05, 0) is 31.1 Å². The fourth-order valence-corrected chi connectivity index (χ4v) is 7.04. The molecule has 0 rings (SSSR count). The third-order valence-electron chi connectivity index (χ3n) is 11.4. The standard InChI is InChI=1S/C48H92O6/c1-6-9-10-11-12-13-14-15-16-17-18-22-28-33-38-46(49)52-41-45(54-48(51)40-35-30-25-24-27-32-37-44(5)8-3)42-53-47(50)39-34-29-23-20-19-21-26-31-36-43(4)7-2/h43-45H,6-42H2,1-5H3/t43?,44?,45-/m0/s1. The van der Waals surface area contributed by atoms with Crippen molar-refractivity contribution < 1.29 is 28.6 Å². The molecule has 320 valence electrons. The Morgan fingerprint density at radius 1 is 0.370 bits per heavy atom. The van der Waals surface area contributed by atoms with Crippen LogP contribution in [0.1, 0.15) is 259 Å². The predicted molar refractivity (Wildman–Crippen MR) is 229 cm³/mol. The molecule has 0 bridgehead atoms. The predicted octanol–water partition coefficient (Wildman–Crippen LogP) is 15.0. The molecule has 6 heteroatoms. The van der Waals surface area contributed by atoms with Crippen molar-refractivity contribution in [2.45, 2.75) is 265 Å². The Labute approximate surface area is 336 Å². The molecule has 0 aromatic heterocycles. The van der Waals surface area contributed by atoms with Gasteiger partial charge in [-0.3, -0.25) is 14.4 Å². The van der Waals surface area contributed by atoms with Gasteiger partial charge in [-0.25, -0.2) is 0 Å². The lowest BCUT2D eigenvalue weighted by Crippen LogP contribution is -2.30. The minimum absolute atomic E-state index is 0.0655. The van der Waals surface area contributed by atoms with E-state index < -0.39 is 6.10 Å². The summed E-state index contributed by atoms with van der Waals surface area (Å²) in [5.41, 5.74) is 0. The highest BCUT2D eigenvalue weighted by Crippen LogP contribution is 2.17. The zero-order valence-electron chi connectivity index (χ0n) is 36.8. The van der Waals surface area contributed by atoms with E-state index in [1.54, 1.807) is 0 Å². The maximum atomic E-state index is 12.7. The molecule has 0 heterocycles. The normalized spacial score (nSPS) is 13.1. The fraction of sp³-hybridized carbons (Fsp3) is 0.938. The van der Waals surface area contributed by atoms with Gasteiger partial charge in [-0.1, -0.05) is 221 Å². The van der Waals surface area contributed by atoms with E-state index in [2.05, 4.69) is 34.6 Å². The lowest BCUT2D eigenvalue weighted by Gasteiger charge is -2.18. The minimum atomic E-state index is -0.761. The van der Waals surface area contributed by atoms with Crippen LogP contribution >= 0.6 is 0 Å². The van der Waals surface area contributed by atoms with Crippen LogP contribution < -0.4 is 0 Å². The second-order valence-electron chi connectivity index (χ2n) is 16.9. The van der Waals surface area contributed by atoms with Gasteiger partial charge in [0, 0.05) is 19.3 Å². The molecule has 0 aromatic carbocycles. The van der Waals surface area contributed by atoms with Crippen molar-refractivity contribution in [1.29, 1.82) is 0 Å². The third kappa shape index (κ3) is 38.7. The Kier molecular flexibility index (Phi) is 39.8. The zero-order chi connectivity index (χ0) is 39.7. The molecule has 0 aliphatic carbocycles. The first-order chi connectivity index (χ1) is 26.3. The number of esters is 3. The first-order valence-corrected chi connectivity index (χ1v) is 23.8. The highest BCUT2D eigenvalue weighted by Gasteiger charge is 2.19. The van der Waals surface area contributed by atoms with Gasteiger partial charge in [0.1, 0.15) is 13.2 Å². The smallest absolute Gasteiger partial charge is 0.306 e. The average molecular weight is 765 g/mol. The maximum absolute atomic E-state index is 12.7. The van der Waals surface area contributed by atoms with E-state index in [1.165, 1.54) is 148 Å². The van der Waals surface area contributed by atoms with Gasteiger partial charge in [0.25, 0.3) is 0 Å². The van der Waals surface area contributed by atoms with Crippen molar-refractivity contribution in [2.75, 3.05) is 13.2 Å². The van der Waals surface area contributed by atoms with Crippen LogP contribution in [0.15, 0.2) is 0 Å². The molecule has 0 aliphatic rings. The Hall–Kier alpha value is -1.59. The SMILES string of the molecule is CCCCCCCCCCCCCCCCC(=O)OC[C@@H](COC(=O)CCCCCCCCCCC(C)CC)OC(=O)CCCCCCCCC(C)CC. The van der Waals surface area contributed by atoms with E-state index in [-0.39, 0.29) is 31.1 Å². The summed E-state index contributed by atoms with van der Waals surface area (Å²) in [6.07, 6.45) is 39.4. The number of hydrogen-bond acceptors (Lipinski definition) is 6. The molecule has 0 fully saturated rings. The van der Waals surface area contributed by atoms with Crippen LogP contribution in [0, 0.1) is 11.8 Å². The molecular weight excluding hydrogens is 673 g/mol. The van der Waals surface area contributed by atoms with Crippen LogP contribution in [-0.4, -0.2) is 37.2 Å². The maximum Gasteiger partial charge on any atom is 0.306 e. The number of unbranched alkanes of at least 4 members (excludes halogenated alkanes) is 25. The topological polar surface area (TPSA) is 78.9 Å². The zero-order valence-corrected chi connectivity index (χ0v) is 36.8. The van der Waals surface area contributed by atoms with Crippen LogP contribution in [0.25, 0.3) is 0 Å². The second kappa shape index (κ2) is 41.1. The van der Waals surface area contributed by atoms with Crippen molar-refractivity contribution in [3.63, 3.8) is 0 Å². The van der Waals surface area contributed by atoms with Gasteiger partial charge >= 0.3 is 17.9 Å². The minimum Gasteiger partial charge on any atom is -0.462 e. The number of carbonyl (C=O) groups excluding carboxylic acids is 3. The van der Waals surface area contributed by atoms with Crippen molar-refractivity contribution in [1.82, 2.24) is 0 Å². The fourth-order valence-electron chi connectivity index (χ4n) is 7.04. The summed E-state index contributed by atoms with van der Waals surface area (Å²) in [5, 5.41) is 0. The number of carbonyl (C=O) groups is 3. The summed E-state index contributed by atoms with van der Waals surface area (Å²) in [7, 11) is 0. The summed E-state index contributed by atoms with van der Waals surface area (Å²) < 4.78 is 16.7. The second-order valence-corrected chi connectivity index (χ2v) is 16.9. The Bertz CT molecular complexity index is 828. The van der Waals surface area contributed by atoms with Crippen molar-refractivity contribution in [3.8, 4) is 0 Å². The van der Waals surface area contributed by atoms with Crippen LogP contribution in [0.5, 0.6) is 0 Å². The largest absolute Gasteiger partial charge is 0.462 e. The van der Waals surface area contributed by atoms with E-state index in [9.17, 15) is 14.4 Å². The van der Waals surface area contributed by atoms with Crippen LogP contribution in [-0.2, 0) is 28.6 Å². The third-order valence-corrected chi connectivity index (χ3v) is 11.4. The molecule has 0 aromatic rings. The van der Waals surface area contributed by atoms with E-state index in [4.69, 9.17) is 14.2 Å². The average Bonchev–Trinajstić information content (AvgIpc) is 3.17. The molecule has 0 spiro atoms. The van der Waals surface area contributed by atoms with E-state index >= 15 is 0 Å².